The van der Waals surface area contributed by atoms with Gasteiger partial charge in [0.25, 0.3) is 5.91 Å². The molecule has 8 heteroatoms. The summed E-state index contributed by atoms with van der Waals surface area (Å²) in [6.07, 6.45) is 1.60. The van der Waals surface area contributed by atoms with Crippen molar-refractivity contribution in [3.8, 4) is 17.0 Å². The number of ether oxygens (including phenoxy) is 1. The normalized spacial score (nSPS) is 14.1. The number of fused-ring (bicyclic) bond motifs is 1. The minimum atomic E-state index is 0.0927. The number of hydrogen-bond donors (Lipinski definition) is 0. The van der Waals surface area contributed by atoms with E-state index in [0.29, 0.717) is 13.1 Å². The van der Waals surface area contributed by atoms with E-state index in [0.717, 1.165) is 57.3 Å². The van der Waals surface area contributed by atoms with Crippen LogP contribution in [0.25, 0.3) is 21.5 Å². The average Bonchev–Trinajstić information content (AvgIpc) is 3.28. The predicted molar refractivity (Wildman–Crippen MR) is 126 cm³/mol. The number of amides is 1. The molecule has 3 heterocycles. The summed E-state index contributed by atoms with van der Waals surface area (Å²) in [6.45, 7) is 4.73. The fourth-order valence-corrected chi connectivity index (χ4v) is 4.89. The molecule has 0 unspecified atom stereocenters. The van der Waals surface area contributed by atoms with Crippen LogP contribution in [0.4, 0.5) is 5.82 Å². The largest absolute Gasteiger partial charge is 0.497 e. The van der Waals surface area contributed by atoms with Crippen LogP contribution in [0.5, 0.6) is 5.75 Å². The van der Waals surface area contributed by atoms with Gasteiger partial charge in [-0.1, -0.05) is 18.2 Å². The Morgan fingerprint density at radius 2 is 1.75 bits per heavy atom. The van der Waals surface area contributed by atoms with Gasteiger partial charge in [0.05, 0.1) is 7.11 Å². The fraction of sp³-hybridized carbons (Fsp3) is 0.250. The minimum absolute atomic E-state index is 0.0927. The number of rotatable bonds is 4. The molecule has 0 aliphatic carbocycles. The zero-order chi connectivity index (χ0) is 22.1. The predicted octanol–water partition coefficient (Wildman–Crippen LogP) is 4.03. The van der Waals surface area contributed by atoms with Gasteiger partial charge in [-0.05, 0) is 54.4 Å². The van der Waals surface area contributed by atoms with Crippen molar-refractivity contribution < 1.29 is 9.53 Å². The Morgan fingerprint density at radius 1 is 1.00 bits per heavy atom. The molecule has 2 aromatic carbocycles. The third-order valence-electron chi connectivity index (χ3n) is 5.84. The molecule has 162 valence electrons. The number of hydrogen-bond acceptors (Lipinski definition) is 7. The van der Waals surface area contributed by atoms with Crippen molar-refractivity contribution in [3.05, 3.63) is 66.0 Å². The first-order valence-corrected chi connectivity index (χ1v) is 11.3. The van der Waals surface area contributed by atoms with E-state index in [1.165, 1.54) is 11.5 Å². The van der Waals surface area contributed by atoms with Gasteiger partial charge in [-0.15, -0.1) is 0 Å². The molecule has 0 saturated carbocycles. The van der Waals surface area contributed by atoms with Gasteiger partial charge in [0.15, 0.2) is 5.82 Å². The van der Waals surface area contributed by atoms with Crippen molar-refractivity contribution in [2.45, 2.75) is 6.92 Å². The lowest BCUT2D eigenvalue weighted by Gasteiger charge is -2.35. The van der Waals surface area contributed by atoms with E-state index in [2.05, 4.69) is 19.2 Å². The summed E-state index contributed by atoms with van der Waals surface area (Å²) < 4.78 is 10.9. The second-order valence-electron chi connectivity index (χ2n) is 7.73. The van der Waals surface area contributed by atoms with Crippen LogP contribution in [0, 0.1) is 6.92 Å². The summed E-state index contributed by atoms with van der Waals surface area (Å²) in [6, 6.07) is 15.6. The molecular formula is C24H23N5O2S. The van der Waals surface area contributed by atoms with Crippen molar-refractivity contribution in [3.63, 3.8) is 0 Å². The van der Waals surface area contributed by atoms with Crippen LogP contribution in [0.1, 0.15) is 15.9 Å². The lowest BCUT2D eigenvalue weighted by atomic mass is 10.1. The summed E-state index contributed by atoms with van der Waals surface area (Å²) in [5.74, 6) is 1.78. The zero-order valence-electron chi connectivity index (χ0n) is 18.0. The molecule has 4 aromatic rings. The number of anilines is 1. The number of methoxy groups -OCH3 is 1. The molecule has 1 saturated heterocycles. The second kappa shape index (κ2) is 8.55. The number of carbonyl (C=O) groups excluding carboxylic acids is 1. The highest BCUT2D eigenvalue weighted by Gasteiger charge is 2.26. The van der Waals surface area contributed by atoms with Crippen molar-refractivity contribution in [2.24, 2.45) is 0 Å². The van der Waals surface area contributed by atoms with E-state index in [-0.39, 0.29) is 5.91 Å². The number of piperazine rings is 1. The average molecular weight is 446 g/mol. The molecule has 0 atom stereocenters. The molecule has 1 aliphatic rings. The van der Waals surface area contributed by atoms with E-state index >= 15 is 0 Å². The summed E-state index contributed by atoms with van der Waals surface area (Å²) in [5.41, 5.74) is 4.48. The van der Waals surface area contributed by atoms with E-state index < -0.39 is 0 Å². The molecule has 7 nitrogen and oxygen atoms in total. The van der Waals surface area contributed by atoms with Crippen LogP contribution in [0.3, 0.4) is 0 Å². The van der Waals surface area contributed by atoms with Crippen molar-refractivity contribution in [2.75, 3.05) is 38.2 Å². The van der Waals surface area contributed by atoms with Crippen LogP contribution in [-0.2, 0) is 0 Å². The summed E-state index contributed by atoms with van der Waals surface area (Å²) in [5, 5.41) is 0. The Balaban J connectivity index is 1.36. The van der Waals surface area contributed by atoms with Gasteiger partial charge >= 0.3 is 0 Å². The number of nitrogens with zero attached hydrogens (tertiary/aromatic N) is 5. The number of benzene rings is 2. The zero-order valence-corrected chi connectivity index (χ0v) is 18.8. The number of aromatic nitrogens is 3. The van der Waals surface area contributed by atoms with Crippen LogP contribution < -0.4 is 9.64 Å². The smallest absolute Gasteiger partial charge is 0.254 e. The van der Waals surface area contributed by atoms with Crippen LogP contribution in [0.2, 0.25) is 0 Å². The summed E-state index contributed by atoms with van der Waals surface area (Å²) in [7, 11) is 1.65. The molecule has 32 heavy (non-hydrogen) atoms. The number of carbonyl (C=O) groups is 1. The fourth-order valence-electron chi connectivity index (χ4n) is 4.02. The SMILES string of the molecule is COc1ccc(-c2nsc3c(N4CCN(C(=O)c5ccccc5C)CC4)ncnc23)cc1. The Bertz CT molecular complexity index is 1260. The minimum Gasteiger partial charge on any atom is -0.497 e. The Labute approximate surface area is 190 Å². The van der Waals surface area contributed by atoms with Gasteiger partial charge in [0, 0.05) is 37.3 Å². The first-order valence-electron chi connectivity index (χ1n) is 10.5. The standard InChI is InChI=1S/C24H23N5O2S/c1-16-5-3-4-6-19(16)24(30)29-13-11-28(12-14-29)23-22-21(25-15-26-23)20(27-32-22)17-7-9-18(31-2)10-8-17/h3-10,15H,11-14H2,1-2H3. The lowest BCUT2D eigenvalue weighted by Crippen LogP contribution is -2.49. The van der Waals surface area contributed by atoms with Gasteiger partial charge in [-0.2, -0.15) is 4.37 Å². The molecule has 0 bridgehead atoms. The van der Waals surface area contributed by atoms with Crippen molar-refractivity contribution in [1.29, 1.82) is 0 Å². The topological polar surface area (TPSA) is 71.5 Å². The molecular weight excluding hydrogens is 422 g/mol. The molecule has 0 spiro atoms. The Morgan fingerprint density at radius 3 is 2.47 bits per heavy atom. The third kappa shape index (κ3) is 3.67. The molecule has 5 rings (SSSR count). The molecule has 1 aliphatic heterocycles. The van der Waals surface area contributed by atoms with Gasteiger partial charge in [0.2, 0.25) is 0 Å². The first kappa shape index (κ1) is 20.4. The van der Waals surface area contributed by atoms with Gasteiger partial charge in [-0.3, -0.25) is 4.79 Å². The van der Waals surface area contributed by atoms with Crippen LogP contribution in [0.15, 0.2) is 54.9 Å². The van der Waals surface area contributed by atoms with Gasteiger partial charge < -0.3 is 14.5 Å². The summed E-state index contributed by atoms with van der Waals surface area (Å²) in [4.78, 5) is 26.2. The van der Waals surface area contributed by atoms with E-state index in [1.807, 2.05) is 60.4 Å². The second-order valence-corrected chi connectivity index (χ2v) is 8.50. The third-order valence-corrected chi connectivity index (χ3v) is 6.68. The maximum absolute atomic E-state index is 12.9. The molecule has 0 radical (unpaired) electrons. The molecule has 1 amide bonds. The lowest BCUT2D eigenvalue weighted by molar-refractivity contribution is 0.0746. The van der Waals surface area contributed by atoms with E-state index in [4.69, 9.17) is 4.74 Å². The van der Waals surface area contributed by atoms with Crippen LogP contribution >= 0.6 is 11.5 Å². The van der Waals surface area contributed by atoms with Gasteiger partial charge in [-0.25, -0.2) is 9.97 Å². The van der Waals surface area contributed by atoms with Crippen molar-refractivity contribution in [1.82, 2.24) is 19.2 Å². The molecule has 1 fully saturated rings. The van der Waals surface area contributed by atoms with E-state index in [9.17, 15) is 4.79 Å². The summed E-state index contributed by atoms with van der Waals surface area (Å²) >= 11 is 1.42. The Hall–Kier alpha value is -3.52. The van der Waals surface area contributed by atoms with Crippen molar-refractivity contribution >= 4 is 33.5 Å². The highest BCUT2D eigenvalue weighted by molar-refractivity contribution is 7.14. The highest BCUT2D eigenvalue weighted by atomic mass is 32.1. The number of aryl methyl sites for hydroxylation is 1. The van der Waals surface area contributed by atoms with E-state index in [1.54, 1.807) is 13.4 Å². The monoisotopic (exact) mass is 445 g/mol. The van der Waals surface area contributed by atoms with Crippen LogP contribution in [-0.4, -0.2) is 58.4 Å². The quantitative estimate of drug-likeness (QED) is 0.472. The maximum atomic E-state index is 12.9. The highest BCUT2D eigenvalue weighted by Crippen LogP contribution is 2.35. The van der Waals surface area contributed by atoms with Gasteiger partial charge in [0.1, 0.15) is 28.0 Å². The maximum Gasteiger partial charge on any atom is 0.254 e. The Kier molecular flexibility index (Phi) is 5.45. The molecule has 2 aromatic heterocycles. The first-order chi connectivity index (χ1) is 15.7. The molecule has 0 N–H and O–H groups in total.